The molecule has 0 radical (unpaired) electrons. The lowest BCUT2D eigenvalue weighted by molar-refractivity contribution is -0.137. The largest absolute Gasteiger partial charge is 0.416 e. The van der Waals surface area contributed by atoms with Gasteiger partial charge in [0.25, 0.3) is 5.91 Å². The first-order chi connectivity index (χ1) is 12.9. The Labute approximate surface area is 160 Å². The highest BCUT2D eigenvalue weighted by Crippen LogP contribution is 2.30. The quantitative estimate of drug-likeness (QED) is 0.843. The van der Waals surface area contributed by atoms with Crippen molar-refractivity contribution in [2.75, 3.05) is 20.1 Å². The molecule has 1 heterocycles. The fourth-order valence-corrected chi connectivity index (χ4v) is 2.73. The Kier molecular flexibility index (Phi) is 5.98. The lowest BCUT2D eigenvalue weighted by Gasteiger charge is -2.28. The first-order valence-corrected chi connectivity index (χ1v) is 8.60. The summed E-state index contributed by atoms with van der Waals surface area (Å²) in [4.78, 5) is 26.3. The van der Waals surface area contributed by atoms with Crippen LogP contribution in [0, 0.1) is 12.3 Å². The zero-order valence-corrected chi connectivity index (χ0v) is 16.2. The number of carbonyl (C=O) groups excluding carboxylic acids is 1. The van der Waals surface area contributed by atoms with Crippen molar-refractivity contribution in [1.29, 1.82) is 0 Å². The van der Waals surface area contributed by atoms with Gasteiger partial charge in [0.2, 0.25) is 5.43 Å². The van der Waals surface area contributed by atoms with Crippen LogP contribution in [0.25, 0.3) is 5.69 Å². The Morgan fingerprint density at radius 3 is 2.46 bits per heavy atom. The summed E-state index contributed by atoms with van der Waals surface area (Å²) < 4.78 is 40.2. The third-order valence-electron chi connectivity index (χ3n) is 4.29. The second kappa shape index (κ2) is 7.75. The van der Waals surface area contributed by atoms with E-state index in [-0.39, 0.29) is 16.8 Å². The highest BCUT2D eigenvalue weighted by Gasteiger charge is 2.31. The minimum atomic E-state index is -4.52. The van der Waals surface area contributed by atoms with Crippen LogP contribution in [0.15, 0.2) is 35.1 Å². The number of nitrogens with zero attached hydrogens (tertiary/aromatic N) is 3. The summed E-state index contributed by atoms with van der Waals surface area (Å²) in [5.74, 6) is -0.618. The second-order valence-corrected chi connectivity index (χ2v) is 7.49. The number of halogens is 3. The summed E-state index contributed by atoms with van der Waals surface area (Å²) in [6.45, 7) is 5.91. The van der Waals surface area contributed by atoms with Crippen LogP contribution in [0.4, 0.5) is 13.2 Å². The monoisotopic (exact) mass is 396 g/mol. The molecule has 28 heavy (non-hydrogen) atoms. The third kappa shape index (κ3) is 4.78. The van der Waals surface area contributed by atoms with E-state index in [1.807, 2.05) is 13.8 Å². The number of hydrogen-bond donors (Lipinski definition) is 1. The first-order valence-electron chi connectivity index (χ1n) is 8.60. The maximum absolute atomic E-state index is 13.0. The number of nitrogens with two attached hydrogens (primary N) is 1. The normalized spacial score (nSPS) is 12.1. The first kappa shape index (κ1) is 21.6. The van der Waals surface area contributed by atoms with Gasteiger partial charge in [-0.2, -0.15) is 18.3 Å². The maximum Gasteiger partial charge on any atom is 0.416 e. The molecule has 0 saturated heterocycles. The van der Waals surface area contributed by atoms with E-state index in [9.17, 15) is 22.8 Å². The van der Waals surface area contributed by atoms with Crippen LogP contribution >= 0.6 is 0 Å². The molecule has 2 aromatic rings. The molecule has 0 atom stereocenters. The maximum atomic E-state index is 13.0. The van der Waals surface area contributed by atoms with Gasteiger partial charge in [-0.15, -0.1) is 0 Å². The van der Waals surface area contributed by atoms with Gasteiger partial charge in [0.05, 0.1) is 11.3 Å². The van der Waals surface area contributed by atoms with Gasteiger partial charge in [0.15, 0.2) is 5.69 Å². The van der Waals surface area contributed by atoms with Crippen LogP contribution in [0.5, 0.6) is 0 Å². The van der Waals surface area contributed by atoms with Crippen molar-refractivity contribution >= 4 is 5.91 Å². The number of aryl methyl sites for hydroxylation is 1. The van der Waals surface area contributed by atoms with Gasteiger partial charge in [-0.1, -0.05) is 19.9 Å². The van der Waals surface area contributed by atoms with Gasteiger partial charge in [0.1, 0.15) is 0 Å². The van der Waals surface area contributed by atoms with Crippen LogP contribution < -0.4 is 11.2 Å². The fraction of sp³-hybridized carbons (Fsp3) is 0.421. The predicted molar refractivity (Wildman–Crippen MR) is 99.4 cm³/mol. The zero-order valence-electron chi connectivity index (χ0n) is 16.2. The minimum absolute atomic E-state index is 0.103. The topological polar surface area (TPSA) is 81.2 Å². The average Bonchev–Trinajstić information content (AvgIpc) is 2.60. The number of amides is 1. The Bertz CT molecular complexity index is 936. The molecule has 1 amide bonds. The second-order valence-electron chi connectivity index (χ2n) is 7.49. The van der Waals surface area contributed by atoms with E-state index in [0.717, 1.165) is 16.8 Å². The lowest BCUT2D eigenvalue weighted by Crippen LogP contribution is -2.41. The molecule has 152 valence electrons. The third-order valence-corrected chi connectivity index (χ3v) is 4.29. The van der Waals surface area contributed by atoms with Crippen molar-refractivity contribution in [3.05, 3.63) is 57.5 Å². The molecule has 0 aliphatic carbocycles. The van der Waals surface area contributed by atoms with Gasteiger partial charge < -0.3 is 10.6 Å². The molecule has 9 heteroatoms. The molecule has 0 fully saturated rings. The van der Waals surface area contributed by atoms with E-state index >= 15 is 0 Å². The molecule has 1 aromatic carbocycles. The van der Waals surface area contributed by atoms with Crippen molar-refractivity contribution in [2.24, 2.45) is 11.1 Å². The van der Waals surface area contributed by atoms with E-state index in [0.29, 0.717) is 18.8 Å². The number of carbonyl (C=O) groups is 1. The Balaban J connectivity index is 2.48. The van der Waals surface area contributed by atoms with Gasteiger partial charge in [-0.25, -0.2) is 4.68 Å². The van der Waals surface area contributed by atoms with Crippen molar-refractivity contribution in [1.82, 2.24) is 14.7 Å². The summed E-state index contributed by atoms with van der Waals surface area (Å²) >= 11 is 0. The summed E-state index contributed by atoms with van der Waals surface area (Å²) in [7, 11) is 1.52. The van der Waals surface area contributed by atoms with Crippen molar-refractivity contribution in [3.8, 4) is 5.69 Å². The van der Waals surface area contributed by atoms with E-state index in [1.165, 1.54) is 37.1 Å². The average molecular weight is 396 g/mol. The molecule has 0 bridgehead atoms. The predicted octanol–water partition coefficient (Wildman–Crippen LogP) is 2.62. The number of hydrogen-bond acceptors (Lipinski definition) is 4. The Morgan fingerprint density at radius 2 is 1.89 bits per heavy atom. The van der Waals surface area contributed by atoms with Crippen LogP contribution in [0.3, 0.4) is 0 Å². The van der Waals surface area contributed by atoms with Gasteiger partial charge in [-0.05, 0) is 37.1 Å². The van der Waals surface area contributed by atoms with Crippen LogP contribution in [0.1, 0.15) is 35.6 Å². The number of aromatic nitrogens is 2. The van der Waals surface area contributed by atoms with Crippen LogP contribution in [-0.2, 0) is 6.18 Å². The van der Waals surface area contributed by atoms with Gasteiger partial charge in [-0.3, -0.25) is 9.59 Å². The standard InChI is InChI=1S/C19H23F3N4O2/c1-12-8-15(27)16(17(28)25(4)11-18(2,3)10-23)24-26(12)14-7-5-6-13(9-14)19(20,21)22/h5-9H,10-11,23H2,1-4H3. The molecule has 0 saturated carbocycles. The Hall–Kier alpha value is -2.68. The molecule has 0 aliphatic rings. The molecule has 2 N–H and O–H groups in total. The van der Waals surface area contributed by atoms with Crippen molar-refractivity contribution in [2.45, 2.75) is 26.9 Å². The molecule has 0 aliphatic heterocycles. The number of benzene rings is 1. The molecule has 0 spiro atoms. The van der Waals surface area contributed by atoms with Crippen LogP contribution in [0.2, 0.25) is 0 Å². The van der Waals surface area contributed by atoms with E-state index < -0.39 is 23.1 Å². The summed E-state index contributed by atoms with van der Waals surface area (Å²) in [6, 6.07) is 5.71. The zero-order chi connectivity index (χ0) is 21.3. The van der Waals surface area contributed by atoms with Gasteiger partial charge >= 0.3 is 6.18 Å². The van der Waals surface area contributed by atoms with Crippen molar-refractivity contribution in [3.63, 3.8) is 0 Å². The highest BCUT2D eigenvalue weighted by molar-refractivity contribution is 5.92. The summed E-state index contributed by atoms with van der Waals surface area (Å²) in [5.41, 5.74) is 3.92. The van der Waals surface area contributed by atoms with E-state index in [2.05, 4.69) is 5.10 Å². The molecule has 0 unspecified atom stereocenters. The molecular formula is C19H23F3N4O2. The lowest BCUT2D eigenvalue weighted by atomic mass is 9.93. The van der Waals surface area contributed by atoms with E-state index in [1.54, 1.807) is 0 Å². The molecular weight excluding hydrogens is 373 g/mol. The SMILES string of the molecule is Cc1cc(=O)c(C(=O)N(C)CC(C)(C)CN)nn1-c1cccc(C(F)(F)F)c1. The Morgan fingerprint density at radius 1 is 1.25 bits per heavy atom. The van der Waals surface area contributed by atoms with Crippen molar-refractivity contribution < 1.29 is 18.0 Å². The summed E-state index contributed by atoms with van der Waals surface area (Å²) in [6.07, 6.45) is -4.52. The van der Waals surface area contributed by atoms with E-state index in [4.69, 9.17) is 5.73 Å². The summed E-state index contributed by atoms with van der Waals surface area (Å²) in [5, 5.41) is 4.06. The molecule has 1 aromatic heterocycles. The molecule has 2 rings (SSSR count). The smallest absolute Gasteiger partial charge is 0.340 e. The van der Waals surface area contributed by atoms with Gasteiger partial charge in [0, 0.05) is 25.4 Å². The fourth-order valence-electron chi connectivity index (χ4n) is 2.73. The molecule has 6 nitrogen and oxygen atoms in total. The van der Waals surface area contributed by atoms with Crippen LogP contribution in [-0.4, -0.2) is 40.7 Å². The minimum Gasteiger partial charge on any atom is -0.340 e. The number of alkyl halides is 3. The highest BCUT2D eigenvalue weighted by atomic mass is 19.4. The number of rotatable bonds is 5.